The van der Waals surface area contributed by atoms with Gasteiger partial charge in [0, 0.05) is 46.3 Å². The number of hydrogen-bond acceptors (Lipinski definition) is 2. The van der Waals surface area contributed by atoms with Gasteiger partial charge in [0.2, 0.25) is 10.0 Å². The fourth-order valence-electron chi connectivity index (χ4n) is 5.23. The lowest BCUT2D eigenvalue weighted by atomic mass is 9.88. The van der Waals surface area contributed by atoms with Crippen molar-refractivity contribution in [2.45, 2.75) is 37.1 Å². The molecule has 1 aromatic heterocycles. The Hall–Kier alpha value is -2.81. The predicted octanol–water partition coefficient (Wildman–Crippen LogP) is 6.64. The van der Waals surface area contributed by atoms with Gasteiger partial charge in [0.25, 0.3) is 0 Å². The van der Waals surface area contributed by atoms with Crippen LogP contribution in [0.5, 0.6) is 0 Å². The molecular formula is C27H24ClF3N2O2S. The van der Waals surface area contributed by atoms with Gasteiger partial charge in [-0.2, -0.15) is 4.31 Å². The van der Waals surface area contributed by atoms with E-state index in [4.69, 9.17) is 11.6 Å². The molecule has 9 heteroatoms. The van der Waals surface area contributed by atoms with Gasteiger partial charge in [-0.05, 0) is 61.6 Å². The highest BCUT2D eigenvalue weighted by molar-refractivity contribution is 7.89. The Morgan fingerprint density at radius 1 is 0.944 bits per heavy atom. The minimum absolute atomic E-state index is 0.0664. The number of nitrogens with zero attached hydrogens (tertiary/aromatic N) is 2. The van der Waals surface area contributed by atoms with E-state index in [2.05, 4.69) is 0 Å². The summed E-state index contributed by atoms with van der Waals surface area (Å²) in [6.07, 6.45) is 1.08. The van der Waals surface area contributed by atoms with E-state index in [0.29, 0.717) is 29.5 Å². The second-order valence-corrected chi connectivity index (χ2v) is 11.4. The first-order valence-corrected chi connectivity index (χ1v) is 13.5. The number of piperidine rings is 1. The number of hydrogen-bond donors (Lipinski definition) is 0. The summed E-state index contributed by atoms with van der Waals surface area (Å²) in [4.78, 5) is -0.517. The minimum Gasteiger partial charge on any atom is -0.340 e. The first-order valence-electron chi connectivity index (χ1n) is 11.6. The van der Waals surface area contributed by atoms with Crippen LogP contribution >= 0.6 is 11.6 Å². The van der Waals surface area contributed by atoms with Crippen molar-refractivity contribution in [3.63, 3.8) is 0 Å². The van der Waals surface area contributed by atoms with Gasteiger partial charge in [-0.1, -0.05) is 35.9 Å². The van der Waals surface area contributed by atoms with Crippen LogP contribution in [-0.4, -0.2) is 30.4 Å². The van der Waals surface area contributed by atoms with Crippen molar-refractivity contribution < 1.29 is 21.6 Å². The quantitative estimate of drug-likeness (QED) is 0.289. The molecule has 1 aliphatic heterocycles. The molecule has 3 aromatic carbocycles. The third kappa shape index (κ3) is 4.31. The number of rotatable bonds is 5. The van der Waals surface area contributed by atoms with Crippen LogP contribution in [0.15, 0.2) is 65.6 Å². The lowest BCUT2D eigenvalue weighted by Gasteiger charge is -2.31. The maximum Gasteiger partial charge on any atom is 0.245 e. The van der Waals surface area contributed by atoms with E-state index < -0.39 is 26.6 Å². The van der Waals surface area contributed by atoms with Crippen molar-refractivity contribution >= 4 is 32.5 Å². The molecule has 0 saturated carbocycles. The summed E-state index contributed by atoms with van der Waals surface area (Å²) >= 11 is 6.30. The Kier molecular flexibility index (Phi) is 6.61. The zero-order valence-electron chi connectivity index (χ0n) is 19.5. The summed E-state index contributed by atoms with van der Waals surface area (Å²) in [5.41, 5.74) is 3.44. The lowest BCUT2D eigenvalue weighted by molar-refractivity contribution is 0.318. The van der Waals surface area contributed by atoms with E-state index in [-0.39, 0.29) is 31.4 Å². The molecule has 2 heterocycles. The summed E-state index contributed by atoms with van der Waals surface area (Å²) in [7, 11) is -4.08. The number of benzene rings is 3. The Balaban J connectivity index is 1.45. The summed E-state index contributed by atoms with van der Waals surface area (Å²) in [6, 6.07) is 15.0. The Labute approximate surface area is 213 Å². The third-order valence-electron chi connectivity index (χ3n) is 7.03. The van der Waals surface area contributed by atoms with Gasteiger partial charge in [-0.15, -0.1) is 0 Å². The molecule has 4 aromatic rings. The van der Waals surface area contributed by atoms with Gasteiger partial charge in [0.1, 0.15) is 22.3 Å². The zero-order valence-corrected chi connectivity index (χ0v) is 21.1. The number of para-hydroxylation sites is 1. The summed E-state index contributed by atoms with van der Waals surface area (Å²) in [5, 5.41) is 1.40. The summed E-state index contributed by atoms with van der Waals surface area (Å²) in [6.45, 7) is 2.68. The van der Waals surface area contributed by atoms with Crippen LogP contribution in [0.25, 0.3) is 10.9 Å². The summed E-state index contributed by atoms with van der Waals surface area (Å²) < 4.78 is 71.4. The number of fused-ring (bicyclic) bond motifs is 1. The fourth-order valence-corrected chi connectivity index (χ4v) is 6.96. The number of sulfonamides is 1. The van der Waals surface area contributed by atoms with Crippen molar-refractivity contribution in [2.24, 2.45) is 0 Å². The third-order valence-corrected chi connectivity index (χ3v) is 9.32. The Morgan fingerprint density at radius 2 is 1.67 bits per heavy atom. The Morgan fingerprint density at radius 3 is 2.36 bits per heavy atom. The van der Waals surface area contributed by atoms with Crippen LogP contribution in [0.2, 0.25) is 5.02 Å². The van der Waals surface area contributed by atoms with Crippen LogP contribution < -0.4 is 0 Å². The average Bonchev–Trinajstić information content (AvgIpc) is 3.12. The van der Waals surface area contributed by atoms with Crippen molar-refractivity contribution in [3.05, 3.63) is 100.0 Å². The predicted molar refractivity (Wildman–Crippen MR) is 134 cm³/mol. The molecule has 0 atom stereocenters. The molecule has 188 valence electrons. The SMILES string of the molecule is Cc1c(C2CCN(S(=O)(=O)c3ccc(F)cc3F)CC2)c2ccccc2n1Cc1c(F)cccc1Cl. The summed E-state index contributed by atoms with van der Waals surface area (Å²) in [5.74, 6) is -2.22. The van der Waals surface area contributed by atoms with E-state index in [9.17, 15) is 21.6 Å². The normalized spacial score (nSPS) is 15.6. The fraction of sp³-hybridized carbons (Fsp3) is 0.259. The van der Waals surface area contributed by atoms with Crippen molar-refractivity contribution in [1.82, 2.24) is 8.87 Å². The second kappa shape index (κ2) is 9.57. The molecule has 0 N–H and O–H groups in total. The van der Waals surface area contributed by atoms with E-state index >= 15 is 0 Å². The van der Waals surface area contributed by atoms with Gasteiger partial charge in [0.15, 0.2) is 0 Å². The maximum absolute atomic E-state index is 14.6. The first-order chi connectivity index (χ1) is 17.2. The van der Waals surface area contributed by atoms with Crippen LogP contribution in [0.3, 0.4) is 0 Å². The molecule has 1 saturated heterocycles. The maximum atomic E-state index is 14.6. The monoisotopic (exact) mass is 532 g/mol. The highest BCUT2D eigenvalue weighted by atomic mass is 35.5. The molecule has 36 heavy (non-hydrogen) atoms. The van der Waals surface area contributed by atoms with Crippen molar-refractivity contribution in [2.75, 3.05) is 13.1 Å². The van der Waals surface area contributed by atoms with Crippen molar-refractivity contribution in [3.8, 4) is 0 Å². The van der Waals surface area contributed by atoms with Gasteiger partial charge >= 0.3 is 0 Å². The number of aromatic nitrogens is 1. The molecule has 0 amide bonds. The second-order valence-electron chi connectivity index (χ2n) is 9.06. The van der Waals surface area contributed by atoms with E-state index in [1.807, 2.05) is 35.8 Å². The molecule has 0 bridgehead atoms. The van der Waals surface area contributed by atoms with E-state index in [1.54, 1.807) is 12.1 Å². The molecule has 0 radical (unpaired) electrons. The highest BCUT2D eigenvalue weighted by Gasteiger charge is 2.33. The zero-order chi connectivity index (χ0) is 25.6. The van der Waals surface area contributed by atoms with E-state index in [1.165, 1.54) is 10.4 Å². The molecule has 4 nitrogen and oxygen atoms in total. The van der Waals surface area contributed by atoms with Gasteiger partial charge in [-0.25, -0.2) is 21.6 Å². The van der Waals surface area contributed by atoms with Crippen LogP contribution in [0.4, 0.5) is 13.2 Å². The molecular weight excluding hydrogens is 509 g/mol. The standard InChI is InChI=1S/C27H24ClF3N2O2S/c1-17-27(18-11-13-32(14-12-18)36(34,35)26-10-9-19(29)15-24(26)31)20-5-2-3-8-25(20)33(17)16-21-22(28)6-4-7-23(21)30/h2-10,15,18H,11-14,16H2,1H3. The largest absolute Gasteiger partial charge is 0.340 e. The number of halogens is 4. The smallest absolute Gasteiger partial charge is 0.245 e. The van der Waals surface area contributed by atoms with Gasteiger partial charge in [-0.3, -0.25) is 0 Å². The molecule has 1 aliphatic rings. The molecule has 1 fully saturated rings. The van der Waals surface area contributed by atoms with E-state index in [0.717, 1.165) is 34.3 Å². The molecule has 0 unspecified atom stereocenters. The van der Waals surface area contributed by atoms with Crippen LogP contribution in [0, 0.1) is 24.4 Å². The van der Waals surface area contributed by atoms with Gasteiger partial charge < -0.3 is 4.57 Å². The molecule has 0 spiro atoms. The molecule has 0 aliphatic carbocycles. The topological polar surface area (TPSA) is 42.3 Å². The molecule has 5 rings (SSSR count). The van der Waals surface area contributed by atoms with Gasteiger partial charge in [0.05, 0.1) is 6.54 Å². The minimum atomic E-state index is -4.08. The van der Waals surface area contributed by atoms with Crippen LogP contribution in [0.1, 0.15) is 35.6 Å². The highest BCUT2D eigenvalue weighted by Crippen LogP contribution is 2.39. The van der Waals surface area contributed by atoms with Crippen molar-refractivity contribution in [1.29, 1.82) is 0 Å². The van der Waals surface area contributed by atoms with Crippen LogP contribution in [-0.2, 0) is 16.6 Å². The Bertz CT molecular complexity index is 1540. The lowest BCUT2D eigenvalue weighted by Crippen LogP contribution is -2.38. The first kappa shape index (κ1) is 24.9. The average molecular weight is 533 g/mol.